The van der Waals surface area contributed by atoms with E-state index < -0.39 is 0 Å². The molecule has 0 spiro atoms. The fourth-order valence-electron chi connectivity index (χ4n) is 4.94. The molecule has 5 rings (SSSR count). The molecule has 0 radical (unpaired) electrons. The number of nitrogen functional groups attached to an aromatic ring is 1. The number of carbonyl (C=O) groups excluding carboxylic acids is 1. The molecular weight excluding hydrogens is 434 g/mol. The third kappa shape index (κ3) is 4.04. The minimum atomic E-state index is 0.0774. The summed E-state index contributed by atoms with van der Waals surface area (Å²) in [5, 5.41) is 4.53. The number of hydrogen-bond acceptors (Lipinski definition) is 7. The highest BCUT2D eigenvalue weighted by Gasteiger charge is 2.32. The molecule has 172 valence electrons. The summed E-state index contributed by atoms with van der Waals surface area (Å²) in [7, 11) is 1.63. The van der Waals surface area contributed by atoms with Gasteiger partial charge in [0, 0.05) is 35.6 Å². The maximum absolute atomic E-state index is 13.0. The van der Waals surface area contributed by atoms with Gasteiger partial charge in [0.2, 0.25) is 5.91 Å². The molecule has 1 unspecified atom stereocenters. The second-order valence-corrected chi connectivity index (χ2v) is 9.77. The lowest BCUT2D eigenvalue weighted by Gasteiger charge is -2.26. The first-order valence-electron chi connectivity index (χ1n) is 11.5. The quantitative estimate of drug-likeness (QED) is 0.529. The van der Waals surface area contributed by atoms with E-state index in [0.717, 1.165) is 72.5 Å². The van der Waals surface area contributed by atoms with Crippen LogP contribution in [0.15, 0.2) is 24.5 Å². The molecule has 1 aliphatic carbocycles. The van der Waals surface area contributed by atoms with Crippen LogP contribution in [0.2, 0.25) is 0 Å². The number of nitrogens with one attached hydrogen (secondary N) is 1. The van der Waals surface area contributed by atoms with Crippen molar-refractivity contribution in [3.05, 3.63) is 40.5 Å². The van der Waals surface area contributed by atoms with Gasteiger partial charge >= 0.3 is 0 Å². The number of allylic oxidation sites excluding steroid dienone is 1. The largest absolute Gasteiger partial charge is 0.494 e. The number of rotatable bonds is 5. The summed E-state index contributed by atoms with van der Waals surface area (Å²) in [6.07, 6.45) is 10.3. The normalized spacial score (nSPS) is 18.1. The fourth-order valence-corrected chi connectivity index (χ4v) is 6.21. The first-order chi connectivity index (χ1) is 16.1. The van der Waals surface area contributed by atoms with Crippen molar-refractivity contribution in [3.8, 4) is 5.75 Å². The molecule has 33 heavy (non-hydrogen) atoms. The maximum atomic E-state index is 13.0. The number of amides is 1. The molecular formula is C25H29N5O2S. The van der Waals surface area contributed by atoms with Gasteiger partial charge in [0.1, 0.15) is 22.7 Å². The fraction of sp³-hybridized carbons (Fsp3) is 0.400. The van der Waals surface area contributed by atoms with Crippen molar-refractivity contribution in [1.29, 1.82) is 0 Å². The Labute approximate surface area is 197 Å². The van der Waals surface area contributed by atoms with Crippen molar-refractivity contribution in [2.75, 3.05) is 31.2 Å². The number of benzene rings is 1. The molecule has 1 amide bonds. The zero-order chi connectivity index (χ0) is 22.9. The Kier molecular flexibility index (Phi) is 5.93. The standard InChI is InChI=1S/C25H29N5O2S/c1-3-6-15-11-19(20(32-2)13-18(15)26)29-23-22-17-8-7-16(25(31)30-9-4-5-10-30)12-21(17)33-24(22)28-14-27-23/h3,6,11,13-14,16H,4-5,7-10,12,26H2,1-2H3,(H,27,28,29). The number of fused-ring (bicyclic) bond motifs is 3. The van der Waals surface area contributed by atoms with Crippen molar-refractivity contribution in [1.82, 2.24) is 14.9 Å². The summed E-state index contributed by atoms with van der Waals surface area (Å²) >= 11 is 1.69. The topological polar surface area (TPSA) is 93.4 Å². The third-order valence-corrected chi connectivity index (χ3v) is 7.78. The van der Waals surface area contributed by atoms with Gasteiger partial charge in [0.15, 0.2) is 0 Å². The average molecular weight is 464 g/mol. The number of methoxy groups -OCH3 is 1. The van der Waals surface area contributed by atoms with Gasteiger partial charge in [-0.3, -0.25) is 4.79 Å². The number of nitrogens with zero attached hydrogens (tertiary/aromatic N) is 3. The highest BCUT2D eigenvalue weighted by molar-refractivity contribution is 7.19. The van der Waals surface area contributed by atoms with E-state index in [1.807, 2.05) is 36.1 Å². The van der Waals surface area contributed by atoms with Crippen molar-refractivity contribution in [3.63, 3.8) is 0 Å². The summed E-state index contributed by atoms with van der Waals surface area (Å²) in [4.78, 5) is 26.4. The van der Waals surface area contributed by atoms with Crippen LogP contribution in [0.1, 0.15) is 42.2 Å². The molecule has 1 saturated heterocycles. The van der Waals surface area contributed by atoms with E-state index in [-0.39, 0.29) is 5.92 Å². The number of aromatic nitrogens is 2. The van der Waals surface area contributed by atoms with Gasteiger partial charge in [-0.1, -0.05) is 12.2 Å². The van der Waals surface area contributed by atoms with E-state index in [2.05, 4.69) is 15.3 Å². The van der Waals surface area contributed by atoms with E-state index in [4.69, 9.17) is 10.5 Å². The molecule has 1 atom stereocenters. The van der Waals surface area contributed by atoms with E-state index in [1.54, 1.807) is 24.8 Å². The molecule has 3 N–H and O–H groups in total. The number of thiophene rings is 1. The lowest BCUT2D eigenvalue weighted by atomic mass is 9.87. The van der Waals surface area contributed by atoms with E-state index in [0.29, 0.717) is 17.3 Å². The molecule has 3 heterocycles. The molecule has 7 nitrogen and oxygen atoms in total. The molecule has 1 fully saturated rings. The van der Waals surface area contributed by atoms with Crippen molar-refractivity contribution >= 4 is 50.7 Å². The van der Waals surface area contributed by atoms with E-state index >= 15 is 0 Å². The minimum absolute atomic E-state index is 0.0774. The van der Waals surface area contributed by atoms with Crippen molar-refractivity contribution in [2.45, 2.75) is 39.0 Å². The molecule has 1 aliphatic heterocycles. The Balaban J connectivity index is 1.48. The number of anilines is 3. The second kappa shape index (κ2) is 9.02. The van der Waals surface area contributed by atoms with Crippen LogP contribution in [0.5, 0.6) is 5.75 Å². The molecule has 8 heteroatoms. The molecule has 3 aromatic rings. The number of nitrogens with two attached hydrogens (primary N) is 1. The Morgan fingerprint density at radius 3 is 2.88 bits per heavy atom. The van der Waals surface area contributed by atoms with Gasteiger partial charge in [0.05, 0.1) is 18.2 Å². The van der Waals surface area contributed by atoms with Gasteiger partial charge < -0.3 is 20.7 Å². The second-order valence-electron chi connectivity index (χ2n) is 8.68. The number of likely N-dealkylation sites (tertiary alicyclic amines) is 1. The molecule has 0 saturated carbocycles. The summed E-state index contributed by atoms with van der Waals surface area (Å²) in [6, 6.07) is 3.80. The molecule has 1 aromatic carbocycles. The molecule has 0 bridgehead atoms. The zero-order valence-electron chi connectivity index (χ0n) is 19.1. The zero-order valence-corrected chi connectivity index (χ0v) is 19.9. The van der Waals surface area contributed by atoms with Gasteiger partial charge in [-0.05, 0) is 56.2 Å². The smallest absolute Gasteiger partial charge is 0.226 e. The Bertz CT molecular complexity index is 1230. The average Bonchev–Trinajstić information content (AvgIpc) is 3.48. The first kappa shape index (κ1) is 21.7. The van der Waals surface area contributed by atoms with Gasteiger partial charge in [0.25, 0.3) is 0 Å². The monoisotopic (exact) mass is 463 g/mol. The first-order valence-corrected chi connectivity index (χ1v) is 12.3. The highest BCUT2D eigenvalue weighted by atomic mass is 32.1. The predicted octanol–water partition coefficient (Wildman–Crippen LogP) is 4.79. The number of ether oxygens (including phenoxy) is 1. The van der Waals surface area contributed by atoms with E-state index in [1.165, 1.54) is 10.4 Å². The van der Waals surface area contributed by atoms with Gasteiger partial charge in [-0.25, -0.2) is 9.97 Å². The lowest BCUT2D eigenvalue weighted by molar-refractivity contribution is -0.134. The van der Waals surface area contributed by atoms with Crippen LogP contribution in [0, 0.1) is 5.92 Å². The lowest BCUT2D eigenvalue weighted by Crippen LogP contribution is -2.36. The summed E-state index contributed by atoms with van der Waals surface area (Å²) in [5.74, 6) is 1.82. The van der Waals surface area contributed by atoms with Crippen LogP contribution in [-0.4, -0.2) is 41.0 Å². The Hall–Kier alpha value is -3.13. The summed E-state index contributed by atoms with van der Waals surface area (Å²) < 4.78 is 5.58. The van der Waals surface area contributed by atoms with Gasteiger partial charge in [-0.15, -0.1) is 11.3 Å². The minimum Gasteiger partial charge on any atom is -0.494 e. The van der Waals surface area contributed by atoms with Crippen molar-refractivity contribution in [2.24, 2.45) is 5.92 Å². The summed E-state index contributed by atoms with van der Waals surface area (Å²) in [6.45, 7) is 3.78. The highest BCUT2D eigenvalue weighted by Crippen LogP contribution is 2.42. The predicted molar refractivity (Wildman–Crippen MR) is 134 cm³/mol. The number of carbonyl (C=O) groups is 1. The Morgan fingerprint density at radius 2 is 2.12 bits per heavy atom. The van der Waals surface area contributed by atoms with Crippen molar-refractivity contribution < 1.29 is 9.53 Å². The Morgan fingerprint density at radius 1 is 1.30 bits per heavy atom. The summed E-state index contributed by atoms with van der Waals surface area (Å²) in [5.41, 5.74) is 9.83. The molecule has 2 aromatic heterocycles. The van der Waals surface area contributed by atoms with Crippen LogP contribution >= 0.6 is 11.3 Å². The van der Waals surface area contributed by atoms with Crippen LogP contribution < -0.4 is 15.8 Å². The van der Waals surface area contributed by atoms with Crippen LogP contribution in [0.25, 0.3) is 16.3 Å². The number of aryl methyl sites for hydroxylation is 1. The van der Waals surface area contributed by atoms with Crippen LogP contribution in [-0.2, 0) is 17.6 Å². The van der Waals surface area contributed by atoms with E-state index in [9.17, 15) is 4.79 Å². The molecule has 2 aliphatic rings. The van der Waals surface area contributed by atoms with Gasteiger partial charge in [-0.2, -0.15) is 0 Å². The van der Waals surface area contributed by atoms with Crippen LogP contribution in [0.4, 0.5) is 17.2 Å². The SMILES string of the molecule is CC=Cc1cc(Nc2ncnc3sc4c(c23)CCC(C(=O)N2CCCC2)C4)c(OC)cc1N. The van der Waals surface area contributed by atoms with Crippen LogP contribution in [0.3, 0.4) is 0 Å². The maximum Gasteiger partial charge on any atom is 0.226 e. The number of hydrogen-bond donors (Lipinski definition) is 2. The third-order valence-electron chi connectivity index (χ3n) is 6.62.